The Morgan fingerprint density at radius 1 is 1.12 bits per heavy atom. The monoisotopic (exact) mass is 532 g/mol. The zero-order chi connectivity index (χ0) is 25.4. The second-order valence-electron chi connectivity index (χ2n) is 7.90. The Morgan fingerprint density at radius 2 is 1.79 bits per heavy atom. The maximum atomic E-state index is 12.1. The molecular formula is C16H26N2O14P2. The summed E-state index contributed by atoms with van der Waals surface area (Å²) in [6, 6.07) is 0. The maximum Gasteiger partial charge on any atom is 0.483 e. The summed E-state index contributed by atoms with van der Waals surface area (Å²) in [5.74, 6) is 0. The molecule has 2 aliphatic rings. The Morgan fingerprint density at radius 3 is 2.44 bits per heavy atom. The molecule has 0 aliphatic carbocycles. The lowest BCUT2D eigenvalue weighted by Crippen LogP contribution is -2.47. The first-order valence-electron chi connectivity index (χ1n) is 10.0. The van der Waals surface area contributed by atoms with Crippen LogP contribution in [0.15, 0.2) is 15.8 Å². The van der Waals surface area contributed by atoms with Crippen LogP contribution in [0.1, 0.15) is 31.6 Å². The van der Waals surface area contributed by atoms with Gasteiger partial charge in [-0.1, -0.05) is 0 Å². The summed E-state index contributed by atoms with van der Waals surface area (Å²) in [6.07, 6.45) is -7.90. The zero-order valence-electron chi connectivity index (χ0n) is 18.0. The zero-order valence-corrected chi connectivity index (χ0v) is 19.8. The molecule has 3 heterocycles. The van der Waals surface area contributed by atoms with Gasteiger partial charge in [0.1, 0.15) is 18.4 Å². The minimum Gasteiger partial charge on any atom is -0.390 e. The molecule has 9 atom stereocenters. The second-order valence-corrected chi connectivity index (χ2v) is 10.9. The minimum atomic E-state index is -5.25. The fourth-order valence-electron chi connectivity index (χ4n) is 3.42. The molecule has 3 unspecified atom stereocenters. The lowest BCUT2D eigenvalue weighted by atomic mass is 10.0. The summed E-state index contributed by atoms with van der Waals surface area (Å²) in [4.78, 5) is 45.1. The third-order valence-electron chi connectivity index (χ3n) is 5.19. The number of H-pyrrole nitrogens is 1. The number of aliphatic hydroxyl groups is 3. The average molecular weight is 532 g/mol. The van der Waals surface area contributed by atoms with Gasteiger partial charge in [0.2, 0.25) is 0 Å². The van der Waals surface area contributed by atoms with Gasteiger partial charge < -0.3 is 34.6 Å². The molecule has 0 spiro atoms. The smallest absolute Gasteiger partial charge is 0.390 e. The van der Waals surface area contributed by atoms with Crippen LogP contribution in [0.5, 0.6) is 0 Å². The highest BCUT2D eigenvalue weighted by Gasteiger charge is 2.43. The fraction of sp³-hybridized carbons (Fsp3) is 0.750. The Kier molecular flexibility index (Phi) is 8.35. The number of rotatable bonds is 8. The highest BCUT2D eigenvalue weighted by atomic mass is 31.3. The van der Waals surface area contributed by atoms with Gasteiger partial charge in [-0.2, -0.15) is 4.31 Å². The molecule has 34 heavy (non-hydrogen) atoms. The van der Waals surface area contributed by atoms with Crippen molar-refractivity contribution in [1.82, 2.24) is 9.55 Å². The van der Waals surface area contributed by atoms with E-state index in [9.17, 15) is 43.8 Å². The lowest BCUT2D eigenvalue weighted by molar-refractivity contribution is -0.220. The van der Waals surface area contributed by atoms with Gasteiger partial charge in [0.25, 0.3) is 5.56 Å². The van der Waals surface area contributed by atoms with Crippen molar-refractivity contribution >= 4 is 15.6 Å². The van der Waals surface area contributed by atoms with E-state index in [2.05, 4.69) is 18.3 Å². The molecule has 6 N–H and O–H groups in total. The standard InChI is InChI=1S/C16H26N2O14P2/c1-7-5-18(16(23)17-15(7)22)12-3-9(19)11(30-12)6-28-33(24,25)32-34(26,27)31-13-4-10(20)14(21)8(2)29-13/h5,8-14,19-21H,3-4,6H2,1-2H3,(H,24,25)(H,26,27)(H,17,22,23)/t8-,9+,10-,11-,12-,13?,14-/m1/s1. The third-order valence-corrected chi connectivity index (χ3v) is 7.82. The van der Waals surface area contributed by atoms with Crippen LogP contribution in [0.4, 0.5) is 0 Å². The molecule has 16 nitrogen and oxygen atoms in total. The van der Waals surface area contributed by atoms with Crippen molar-refractivity contribution in [2.24, 2.45) is 0 Å². The predicted molar refractivity (Wildman–Crippen MR) is 109 cm³/mol. The van der Waals surface area contributed by atoms with Crippen molar-refractivity contribution < 1.29 is 57.1 Å². The lowest BCUT2D eigenvalue weighted by Gasteiger charge is -2.35. The summed E-state index contributed by atoms with van der Waals surface area (Å²) in [6.45, 7) is 2.05. The number of ether oxygens (including phenoxy) is 2. The van der Waals surface area contributed by atoms with Gasteiger partial charge in [-0.15, -0.1) is 0 Å². The van der Waals surface area contributed by atoms with E-state index < -0.39 is 83.0 Å². The number of phosphoric ester groups is 2. The van der Waals surface area contributed by atoms with Gasteiger partial charge in [0.15, 0.2) is 6.29 Å². The van der Waals surface area contributed by atoms with Crippen molar-refractivity contribution in [3.8, 4) is 0 Å². The van der Waals surface area contributed by atoms with Crippen molar-refractivity contribution in [2.75, 3.05) is 6.61 Å². The van der Waals surface area contributed by atoms with Crippen LogP contribution in [0.3, 0.4) is 0 Å². The normalized spacial score (nSPS) is 35.6. The number of aromatic nitrogens is 2. The minimum absolute atomic E-state index is 0.122. The molecule has 0 amide bonds. The fourth-order valence-corrected chi connectivity index (χ4v) is 5.57. The van der Waals surface area contributed by atoms with E-state index in [1.54, 1.807) is 0 Å². The summed E-state index contributed by atoms with van der Waals surface area (Å²) in [5, 5.41) is 29.5. The van der Waals surface area contributed by atoms with Gasteiger partial charge in [-0.05, 0) is 13.8 Å². The maximum absolute atomic E-state index is 12.1. The highest BCUT2D eigenvalue weighted by Crippen LogP contribution is 2.61. The third kappa shape index (κ3) is 6.69. The first kappa shape index (κ1) is 27.3. The number of aliphatic hydroxyl groups excluding tert-OH is 3. The van der Waals surface area contributed by atoms with Crippen LogP contribution < -0.4 is 11.2 Å². The first-order chi connectivity index (χ1) is 15.7. The number of hydrogen-bond acceptors (Lipinski definition) is 12. The SMILES string of the molecule is Cc1cn([C@H]2C[C@H](O)[C@@H](COP(=O)(O)OP(=O)(O)OC3C[C@@H](O)[C@H](O)[C@@H](C)O3)O2)c(=O)[nH]c1=O. The number of nitrogens with one attached hydrogen (secondary N) is 1. The molecule has 0 bridgehead atoms. The van der Waals surface area contributed by atoms with E-state index in [0.29, 0.717) is 0 Å². The number of nitrogens with zero attached hydrogens (tertiary/aromatic N) is 1. The largest absolute Gasteiger partial charge is 0.483 e. The number of aryl methyl sites for hydroxylation is 1. The van der Waals surface area contributed by atoms with E-state index in [4.69, 9.17) is 9.47 Å². The summed E-state index contributed by atoms with van der Waals surface area (Å²) in [7, 11) is -10.5. The van der Waals surface area contributed by atoms with Crippen molar-refractivity contribution in [1.29, 1.82) is 0 Å². The number of aromatic amines is 1. The molecule has 194 valence electrons. The van der Waals surface area contributed by atoms with Crippen LogP contribution >= 0.6 is 15.6 Å². The van der Waals surface area contributed by atoms with Crippen molar-refractivity contribution in [3.05, 3.63) is 32.6 Å². The van der Waals surface area contributed by atoms with E-state index in [1.165, 1.54) is 20.0 Å². The molecule has 0 radical (unpaired) electrons. The van der Waals surface area contributed by atoms with Crippen molar-refractivity contribution in [2.45, 2.75) is 69.7 Å². The van der Waals surface area contributed by atoms with E-state index in [0.717, 1.165) is 4.57 Å². The first-order valence-corrected chi connectivity index (χ1v) is 13.0. The molecule has 1 aromatic heterocycles. The quantitative estimate of drug-likeness (QED) is 0.211. The Hall–Kier alpha value is -1.26. The van der Waals surface area contributed by atoms with E-state index in [1.807, 2.05) is 0 Å². The molecule has 2 fully saturated rings. The Bertz CT molecular complexity index is 1080. The molecular weight excluding hydrogens is 506 g/mol. The summed E-state index contributed by atoms with van der Waals surface area (Å²) in [5.41, 5.74) is -1.17. The molecule has 3 rings (SSSR count). The van der Waals surface area contributed by atoms with Gasteiger partial charge in [-0.3, -0.25) is 23.4 Å². The van der Waals surface area contributed by atoms with Gasteiger partial charge in [-0.25, -0.2) is 13.9 Å². The predicted octanol–water partition coefficient (Wildman–Crippen LogP) is -1.40. The van der Waals surface area contributed by atoms with Crippen LogP contribution in [0, 0.1) is 6.92 Å². The van der Waals surface area contributed by atoms with Crippen LogP contribution in [-0.2, 0) is 32.0 Å². The second kappa shape index (κ2) is 10.4. The van der Waals surface area contributed by atoms with E-state index in [-0.39, 0.29) is 12.0 Å². The average Bonchev–Trinajstić information content (AvgIpc) is 3.06. The van der Waals surface area contributed by atoms with Gasteiger partial charge in [0, 0.05) is 24.6 Å². The summed E-state index contributed by atoms with van der Waals surface area (Å²) < 4.78 is 49.3. The molecule has 0 aromatic carbocycles. The molecule has 1 aromatic rings. The van der Waals surface area contributed by atoms with Gasteiger partial charge in [0.05, 0.1) is 24.9 Å². The van der Waals surface area contributed by atoms with E-state index >= 15 is 0 Å². The number of phosphoric acid groups is 2. The topological polar surface area (TPSA) is 236 Å². The van der Waals surface area contributed by atoms with Crippen LogP contribution in [0.2, 0.25) is 0 Å². The molecule has 0 saturated carbocycles. The van der Waals surface area contributed by atoms with Crippen LogP contribution in [-0.4, -0.2) is 78.1 Å². The highest BCUT2D eigenvalue weighted by molar-refractivity contribution is 7.61. The molecule has 2 saturated heterocycles. The van der Waals surface area contributed by atoms with Crippen molar-refractivity contribution in [3.63, 3.8) is 0 Å². The Balaban J connectivity index is 1.56. The Labute approximate surface area is 191 Å². The number of hydrogen-bond donors (Lipinski definition) is 6. The molecule has 18 heteroatoms. The van der Waals surface area contributed by atoms with Gasteiger partial charge >= 0.3 is 21.3 Å². The molecule has 2 aliphatic heterocycles. The summed E-state index contributed by atoms with van der Waals surface area (Å²) >= 11 is 0. The van der Waals surface area contributed by atoms with Crippen LogP contribution in [0.25, 0.3) is 0 Å².